The van der Waals surface area contributed by atoms with E-state index in [9.17, 15) is 22.8 Å². The van der Waals surface area contributed by atoms with Crippen LogP contribution in [0.5, 0.6) is 5.88 Å². The molecule has 0 saturated heterocycles. The lowest BCUT2D eigenvalue weighted by Crippen LogP contribution is -2.30. The van der Waals surface area contributed by atoms with E-state index in [0.29, 0.717) is 31.7 Å². The van der Waals surface area contributed by atoms with Gasteiger partial charge in [-0.1, -0.05) is 30.3 Å². The van der Waals surface area contributed by atoms with E-state index in [-0.39, 0.29) is 45.8 Å². The predicted molar refractivity (Wildman–Crippen MR) is 173 cm³/mol. The Morgan fingerprint density at radius 2 is 1.89 bits per heavy atom. The second-order valence-electron chi connectivity index (χ2n) is 10.7. The van der Waals surface area contributed by atoms with Crippen molar-refractivity contribution in [2.45, 2.75) is 25.9 Å². The number of anilines is 7. The third-order valence-electron chi connectivity index (χ3n) is 6.90. The van der Waals surface area contributed by atoms with Crippen molar-refractivity contribution in [2.24, 2.45) is 0 Å². The number of carbonyl (C=O) groups is 2. The number of hydrogen-bond donors (Lipinski definition) is 3. The molecule has 3 aromatic rings. The molecule has 16 heteroatoms. The number of likely N-dealkylation sites (N-methyl/N-ethyl adjacent to an activating group) is 2. The SMILES string of the molecule is C=CC(=O)Nc1cc(Nc2ncc(Cl)c(Nc3cccc4c3N(C(C)=O)CC4)n2)c(OCCC(F)(F)F)nc1N(C)CCN(C)C. The minimum Gasteiger partial charge on any atom is -0.476 e. The number of amides is 2. The van der Waals surface area contributed by atoms with Gasteiger partial charge >= 0.3 is 6.18 Å². The first kappa shape index (κ1) is 34.2. The molecule has 0 atom stereocenters. The zero-order chi connectivity index (χ0) is 33.6. The lowest BCUT2D eigenvalue weighted by atomic mass is 10.1. The molecular weight excluding hydrogens is 627 g/mol. The molecule has 3 N–H and O–H groups in total. The van der Waals surface area contributed by atoms with Crippen LogP contribution < -0.4 is 30.5 Å². The molecule has 1 aliphatic rings. The van der Waals surface area contributed by atoms with Gasteiger partial charge in [0.1, 0.15) is 10.7 Å². The molecule has 12 nitrogen and oxygen atoms in total. The molecular formula is C30H35ClF3N9O3. The number of alkyl halides is 3. The van der Waals surface area contributed by atoms with Crippen LogP contribution in [0.1, 0.15) is 18.9 Å². The highest BCUT2D eigenvalue weighted by Gasteiger charge is 2.28. The minimum atomic E-state index is -4.45. The summed E-state index contributed by atoms with van der Waals surface area (Å²) >= 11 is 6.44. The Kier molecular flexibility index (Phi) is 10.9. The molecule has 0 aliphatic carbocycles. The summed E-state index contributed by atoms with van der Waals surface area (Å²) in [5.41, 5.74) is 2.64. The van der Waals surface area contributed by atoms with Gasteiger partial charge in [-0.2, -0.15) is 23.1 Å². The summed E-state index contributed by atoms with van der Waals surface area (Å²) in [6.45, 7) is 5.92. The molecule has 46 heavy (non-hydrogen) atoms. The molecule has 1 aromatic carbocycles. The Morgan fingerprint density at radius 1 is 1.13 bits per heavy atom. The molecule has 0 spiro atoms. The highest BCUT2D eigenvalue weighted by molar-refractivity contribution is 6.33. The number of nitrogens with one attached hydrogen (secondary N) is 3. The lowest BCUT2D eigenvalue weighted by molar-refractivity contribution is -0.139. The summed E-state index contributed by atoms with van der Waals surface area (Å²) in [6, 6.07) is 7.06. The van der Waals surface area contributed by atoms with E-state index in [0.717, 1.165) is 17.3 Å². The van der Waals surface area contributed by atoms with Crippen LogP contribution in [0.15, 0.2) is 43.1 Å². The number of ether oxygens (including phenoxy) is 1. The molecule has 2 amide bonds. The standard InChI is InChI=1S/C30H35ClF3N9O3/c1-6-24(45)36-22-16-23(28(46-15-11-30(32,33)34)40-27(22)42(5)14-13-41(3)4)38-29-35-17-20(31)26(39-29)37-21-9-7-8-19-10-12-43(18(2)44)25(19)21/h6-9,16-17H,1,10-15H2,2-5H3,(H,36,45)(H2,35,37,38,39). The zero-order valence-corrected chi connectivity index (χ0v) is 26.6. The normalized spacial score (nSPS) is 12.5. The average molecular weight is 662 g/mol. The van der Waals surface area contributed by atoms with Gasteiger partial charge in [0.15, 0.2) is 11.6 Å². The smallest absolute Gasteiger partial charge is 0.392 e. The topological polar surface area (TPSA) is 128 Å². The Bertz CT molecular complexity index is 1600. The van der Waals surface area contributed by atoms with Gasteiger partial charge in [-0.25, -0.2) is 4.98 Å². The second kappa shape index (κ2) is 14.6. The van der Waals surface area contributed by atoms with Crippen LogP contribution in [-0.2, 0) is 16.0 Å². The van der Waals surface area contributed by atoms with Gasteiger partial charge in [0, 0.05) is 33.6 Å². The fourth-order valence-corrected chi connectivity index (χ4v) is 4.75. The van der Waals surface area contributed by atoms with E-state index >= 15 is 0 Å². The number of para-hydroxylation sites is 1. The van der Waals surface area contributed by atoms with Gasteiger partial charge in [-0.05, 0) is 44.3 Å². The van der Waals surface area contributed by atoms with Crippen molar-refractivity contribution >= 4 is 63.7 Å². The largest absolute Gasteiger partial charge is 0.476 e. The van der Waals surface area contributed by atoms with Crippen LogP contribution in [0.4, 0.5) is 53.5 Å². The highest BCUT2D eigenvalue weighted by Crippen LogP contribution is 2.39. The first-order chi connectivity index (χ1) is 21.8. The van der Waals surface area contributed by atoms with E-state index in [2.05, 4.69) is 37.5 Å². The van der Waals surface area contributed by atoms with Gasteiger partial charge < -0.3 is 35.4 Å². The number of benzene rings is 1. The zero-order valence-electron chi connectivity index (χ0n) is 25.8. The van der Waals surface area contributed by atoms with E-state index in [1.807, 2.05) is 31.1 Å². The number of fused-ring (bicyclic) bond motifs is 1. The molecule has 3 heterocycles. The highest BCUT2D eigenvalue weighted by atomic mass is 35.5. The summed E-state index contributed by atoms with van der Waals surface area (Å²) in [6.07, 6.45) is -2.54. The summed E-state index contributed by atoms with van der Waals surface area (Å²) in [5, 5.41) is 8.99. The van der Waals surface area contributed by atoms with Gasteiger partial charge in [0.25, 0.3) is 0 Å². The van der Waals surface area contributed by atoms with Crippen molar-refractivity contribution in [3.63, 3.8) is 0 Å². The van der Waals surface area contributed by atoms with Crippen LogP contribution in [0.3, 0.4) is 0 Å². The Hall–Kier alpha value is -4.63. The minimum absolute atomic E-state index is 0.0000755. The summed E-state index contributed by atoms with van der Waals surface area (Å²) in [7, 11) is 5.51. The van der Waals surface area contributed by atoms with Gasteiger partial charge in [-0.3, -0.25) is 9.59 Å². The van der Waals surface area contributed by atoms with E-state index in [4.69, 9.17) is 16.3 Å². The van der Waals surface area contributed by atoms with Crippen molar-refractivity contribution in [3.05, 3.63) is 53.7 Å². The first-order valence-corrected chi connectivity index (χ1v) is 14.6. The monoisotopic (exact) mass is 661 g/mol. The average Bonchev–Trinajstić information content (AvgIpc) is 3.43. The predicted octanol–water partition coefficient (Wildman–Crippen LogP) is 5.37. The number of halogens is 4. The molecule has 2 aromatic heterocycles. The van der Waals surface area contributed by atoms with Crippen LogP contribution in [0.25, 0.3) is 0 Å². The quantitative estimate of drug-likeness (QED) is 0.206. The number of aromatic nitrogens is 3. The summed E-state index contributed by atoms with van der Waals surface area (Å²) in [4.78, 5) is 43.1. The lowest BCUT2D eigenvalue weighted by Gasteiger charge is -2.25. The van der Waals surface area contributed by atoms with Gasteiger partial charge in [0.2, 0.25) is 23.6 Å². The van der Waals surface area contributed by atoms with E-state index in [1.54, 1.807) is 22.9 Å². The van der Waals surface area contributed by atoms with Crippen LogP contribution in [0, 0.1) is 0 Å². The number of carbonyl (C=O) groups excluding carboxylic acids is 2. The Balaban J connectivity index is 1.71. The van der Waals surface area contributed by atoms with E-state index in [1.165, 1.54) is 19.2 Å². The summed E-state index contributed by atoms with van der Waals surface area (Å²) in [5.74, 6) is -0.332. The molecule has 0 radical (unpaired) electrons. The van der Waals surface area contributed by atoms with E-state index < -0.39 is 25.1 Å². The molecule has 0 fully saturated rings. The number of hydrogen-bond acceptors (Lipinski definition) is 10. The number of rotatable bonds is 13. The Morgan fingerprint density at radius 3 is 2.57 bits per heavy atom. The van der Waals surface area contributed by atoms with Crippen molar-refractivity contribution in [2.75, 3.05) is 73.1 Å². The molecule has 0 saturated carbocycles. The number of pyridine rings is 1. The Labute approximate surface area is 269 Å². The van der Waals surface area contributed by atoms with Crippen molar-refractivity contribution in [1.29, 1.82) is 0 Å². The van der Waals surface area contributed by atoms with Crippen molar-refractivity contribution in [3.8, 4) is 5.88 Å². The molecule has 246 valence electrons. The third kappa shape index (κ3) is 8.75. The maximum Gasteiger partial charge on any atom is 0.392 e. The maximum atomic E-state index is 13.0. The van der Waals surface area contributed by atoms with Crippen molar-refractivity contribution in [1.82, 2.24) is 19.9 Å². The fraction of sp³-hybridized carbons (Fsp3) is 0.367. The maximum absolute atomic E-state index is 13.0. The molecule has 0 bridgehead atoms. The molecule has 1 aliphatic heterocycles. The molecule has 4 rings (SSSR count). The van der Waals surface area contributed by atoms with Gasteiger partial charge in [-0.15, -0.1) is 0 Å². The van der Waals surface area contributed by atoms with Crippen molar-refractivity contribution < 1.29 is 27.5 Å². The van der Waals surface area contributed by atoms with Crippen LogP contribution >= 0.6 is 11.6 Å². The fourth-order valence-electron chi connectivity index (χ4n) is 4.61. The van der Waals surface area contributed by atoms with Gasteiger partial charge in [0.05, 0.1) is 36.3 Å². The van der Waals surface area contributed by atoms with Crippen LogP contribution in [0.2, 0.25) is 5.02 Å². The molecule has 0 unspecified atom stereocenters. The first-order valence-electron chi connectivity index (χ1n) is 14.3. The second-order valence-corrected chi connectivity index (χ2v) is 11.1. The number of nitrogens with zero attached hydrogens (tertiary/aromatic N) is 6. The summed E-state index contributed by atoms with van der Waals surface area (Å²) < 4.78 is 44.5. The van der Waals surface area contributed by atoms with Crippen LogP contribution in [-0.4, -0.2) is 85.2 Å². The third-order valence-corrected chi connectivity index (χ3v) is 7.17.